The van der Waals surface area contributed by atoms with Gasteiger partial charge in [0.2, 0.25) is 5.89 Å². The molecule has 2 heterocycles. The molecule has 0 atom stereocenters. The van der Waals surface area contributed by atoms with E-state index in [2.05, 4.69) is 20.4 Å². The molecule has 0 saturated carbocycles. The SMILES string of the molecule is Cc1noc(Cc2ccccc2NC(=O)c2cc3ccccc3[nH]2)n1. The second kappa shape index (κ2) is 6.24. The Balaban J connectivity index is 1.58. The van der Waals surface area contributed by atoms with Crippen LogP contribution in [0, 0.1) is 6.92 Å². The van der Waals surface area contributed by atoms with E-state index in [0.717, 1.165) is 22.2 Å². The number of benzene rings is 2. The van der Waals surface area contributed by atoms with Crippen LogP contribution < -0.4 is 5.32 Å². The van der Waals surface area contributed by atoms with Crippen LogP contribution >= 0.6 is 0 Å². The number of nitrogens with one attached hydrogen (secondary N) is 2. The Morgan fingerprint density at radius 2 is 1.96 bits per heavy atom. The van der Waals surface area contributed by atoms with E-state index >= 15 is 0 Å². The van der Waals surface area contributed by atoms with Gasteiger partial charge in [-0.1, -0.05) is 41.6 Å². The number of aryl methyl sites for hydroxylation is 1. The van der Waals surface area contributed by atoms with Crippen LogP contribution in [0.15, 0.2) is 59.1 Å². The van der Waals surface area contributed by atoms with Gasteiger partial charge >= 0.3 is 0 Å². The first-order chi connectivity index (χ1) is 12.2. The normalized spacial score (nSPS) is 10.9. The summed E-state index contributed by atoms with van der Waals surface area (Å²) in [5.41, 5.74) is 3.09. The largest absolute Gasteiger partial charge is 0.351 e. The number of aromatic amines is 1. The number of fused-ring (bicyclic) bond motifs is 1. The molecule has 0 unspecified atom stereocenters. The molecule has 0 aliphatic rings. The van der Waals surface area contributed by atoms with E-state index in [4.69, 9.17) is 4.52 Å². The Labute approximate surface area is 143 Å². The molecule has 0 aliphatic heterocycles. The summed E-state index contributed by atoms with van der Waals surface area (Å²) in [6.07, 6.45) is 0.462. The third kappa shape index (κ3) is 3.14. The lowest BCUT2D eigenvalue weighted by molar-refractivity contribution is 0.102. The number of aromatic nitrogens is 3. The highest BCUT2D eigenvalue weighted by Crippen LogP contribution is 2.20. The van der Waals surface area contributed by atoms with E-state index in [9.17, 15) is 4.79 Å². The van der Waals surface area contributed by atoms with Crippen LogP contribution in [-0.4, -0.2) is 21.0 Å². The van der Waals surface area contributed by atoms with Gasteiger partial charge in [-0.3, -0.25) is 4.79 Å². The molecule has 0 aliphatic carbocycles. The van der Waals surface area contributed by atoms with Gasteiger partial charge in [-0.2, -0.15) is 4.98 Å². The number of anilines is 1. The van der Waals surface area contributed by atoms with Gasteiger partial charge in [-0.25, -0.2) is 0 Å². The maximum Gasteiger partial charge on any atom is 0.272 e. The monoisotopic (exact) mass is 332 g/mol. The van der Waals surface area contributed by atoms with Gasteiger partial charge in [-0.15, -0.1) is 0 Å². The lowest BCUT2D eigenvalue weighted by Gasteiger charge is -2.09. The average molecular weight is 332 g/mol. The molecule has 0 fully saturated rings. The fourth-order valence-corrected chi connectivity index (χ4v) is 2.76. The van der Waals surface area contributed by atoms with E-state index in [-0.39, 0.29) is 5.91 Å². The number of H-pyrrole nitrogens is 1. The minimum atomic E-state index is -0.189. The molecule has 6 nitrogen and oxygen atoms in total. The maximum absolute atomic E-state index is 12.6. The summed E-state index contributed by atoms with van der Waals surface area (Å²) in [6, 6.07) is 17.2. The molecule has 0 spiro atoms. The Hall–Kier alpha value is -3.41. The number of nitrogens with zero attached hydrogens (tertiary/aromatic N) is 2. The number of amides is 1. The van der Waals surface area contributed by atoms with Crippen LogP contribution in [0.3, 0.4) is 0 Å². The lowest BCUT2D eigenvalue weighted by atomic mass is 10.1. The molecule has 2 aromatic heterocycles. The summed E-state index contributed by atoms with van der Waals surface area (Å²) >= 11 is 0. The molecule has 0 saturated heterocycles. The fourth-order valence-electron chi connectivity index (χ4n) is 2.76. The van der Waals surface area contributed by atoms with Gasteiger partial charge in [0.15, 0.2) is 5.82 Å². The van der Waals surface area contributed by atoms with Crippen LogP contribution in [0.2, 0.25) is 0 Å². The zero-order valence-corrected chi connectivity index (χ0v) is 13.6. The first-order valence-electron chi connectivity index (χ1n) is 7.95. The van der Waals surface area contributed by atoms with Crippen LogP contribution in [-0.2, 0) is 6.42 Å². The van der Waals surface area contributed by atoms with E-state index in [1.165, 1.54) is 0 Å². The van der Waals surface area contributed by atoms with Crippen molar-refractivity contribution in [1.82, 2.24) is 15.1 Å². The van der Waals surface area contributed by atoms with Crippen molar-refractivity contribution >= 4 is 22.5 Å². The highest BCUT2D eigenvalue weighted by atomic mass is 16.5. The van der Waals surface area contributed by atoms with Gasteiger partial charge in [0, 0.05) is 16.6 Å². The number of carbonyl (C=O) groups is 1. The molecule has 0 bridgehead atoms. The molecule has 4 rings (SSSR count). The van der Waals surface area contributed by atoms with Crippen LogP contribution in [0.5, 0.6) is 0 Å². The summed E-state index contributed by atoms with van der Waals surface area (Å²) in [7, 11) is 0. The maximum atomic E-state index is 12.6. The first-order valence-corrected chi connectivity index (χ1v) is 7.95. The molecular formula is C19H16N4O2. The van der Waals surface area contributed by atoms with Crippen LogP contribution in [0.1, 0.15) is 27.8 Å². The smallest absolute Gasteiger partial charge is 0.272 e. The molecule has 2 N–H and O–H groups in total. The molecule has 0 radical (unpaired) electrons. The Kier molecular flexibility index (Phi) is 3.78. The fraction of sp³-hybridized carbons (Fsp3) is 0.105. The molecule has 25 heavy (non-hydrogen) atoms. The Bertz CT molecular complexity index is 1020. The quantitative estimate of drug-likeness (QED) is 0.597. The minimum absolute atomic E-state index is 0.189. The molecule has 1 amide bonds. The van der Waals surface area contributed by atoms with Gasteiger partial charge in [0.1, 0.15) is 5.69 Å². The van der Waals surface area contributed by atoms with Crippen molar-refractivity contribution in [3.63, 3.8) is 0 Å². The highest BCUT2D eigenvalue weighted by molar-refractivity contribution is 6.06. The Morgan fingerprint density at radius 1 is 1.16 bits per heavy atom. The van der Waals surface area contributed by atoms with Crippen molar-refractivity contribution in [1.29, 1.82) is 0 Å². The van der Waals surface area contributed by atoms with Crippen molar-refractivity contribution in [3.8, 4) is 0 Å². The van der Waals surface area contributed by atoms with Gasteiger partial charge in [0.25, 0.3) is 5.91 Å². The van der Waals surface area contributed by atoms with E-state index in [0.29, 0.717) is 23.8 Å². The highest BCUT2D eigenvalue weighted by Gasteiger charge is 2.13. The topological polar surface area (TPSA) is 83.8 Å². The molecule has 6 heteroatoms. The number of hydrogen-bond donors (Lipinski definition) is 2. The molecule has 2 aromatic carbocycles. The van der Waals surface area contributed by atoms with Crippen LogP contribution in [0.4, 0.5) is 5.69 Å². The zero-order chi connectivity index (χ0) is 17.2. The summed E-state index contributed by atoms with van der Waals surface area (Å²) in [5, 5.41) is 7.75. The van der Waals surface area contributed by atoms with Crippen molar-refractivity contribution in [2.75, 3.05) is 5.32 Å². The summed E-state index contributed by atoms with van der Waals surface area (Å²) in [4.78, 5) is 20.0. The number of rotatable bonds is 4. The molecule has 4 aromatic rings. The predicted molar refractivity (Wildman–Crippen MR) is 94.5 cm³/mol. The van der Waals surface area contributed by atoms with Gasteiger partial charge in [-0.05, 0) is 30.7 Å². The third-order valence-corrected chi connectivity index (χ3v) is 3.95. The first kappa shape index (κ1) is 15.1. The number of hydrogen-bond acceptors (Lipinski definition) is 4. The Morgan fingerprint density at radius 3 is 2.76 bits per heavy atom. The summed E-state index contributed by atoms with van der Waals surface area (Å²) < 4.78 is 5.17. The number of carbonyl (C=O) groups excluding carboxylic acids is 1. The van der Waals surface area contributed by atoms with Crippen molar-refractivity contribution in [3.05, 3.63) is 77.6 Å². The minimum Gasteiger partial charge on any atom is -0.351 e. The lowest BCUT2D eigenvalue weighted by Crippen LogP contribution is -2.13. The van der Waals surface area contributed by atoms with E-state index < -0.39 is 0 Å². The number of para-hydroxylation sites is 2. The average Bonchev–Trinajstić information content (AvgIpc) is 3.22. The summed E-state index contributed by atoms with van der Waals surface area (Å²) in [5.74, 6) is 0.921. The molecule has 124 valence electrons. The van der Waals surface area contributed by atoms with Gasteiger partial charge in [0.05, 0.1) is 6.42 Å². The standard InChI is InChI=1S/C19H16N4O2/c1-12-20-18(25-23-12)11-14-7-3-5-9-16(14)22-19(24)17-10-13-6-2-4-8-15(13)21-17/h2-10,21H,11H2,1H3,(H,22,24). The van der Waals surface area contributed by atoms with Crippen molar-refractivity contribution < 1.29 is 9.32 Å². The summed E-state index contributed by atoms with van der Waals surface area (Å²) in [6.45, 7) is 1.77. The molecular weight excluding hydrogens is 316 g/mol. The van der Waals surface area contributed by atoms with Gasteiger partial charge < -0.3 is 14.8 Å². The zero-order valence-electron chi connectivity index (χ0n) is 13.6. The van der Waals surface area contributed by atoms with E-state index in [1.54, 1.807) is 6.92 Å². The van der Waals surface area contributed by atoms with Crippen LogP contribution in [0.25, 0.3) is 10.9 Å². The second-order valence-electron chi connectivity index (χ2n) is 5.79. The van der Waals surface area contributed by atoms with Crippen molar-refractivity contribution in [2.45, 2.75) is 13.3 Å². The second-order valence-corrected chi connectivity index (χ2v) is 5.79. The third-order valence-electron chi connectivity index (χ3n) is 3.95. The van der Waals surface area contributed by atoms with E-state index in [1.807, 2.05) is 54.6 Å². The van der Waals surface area contributed by atoms with Crippen molar-refractivity contribution in [2.24, 2.45) is 0 Å². The predicted octanol–water partition coefficient (Wildman–Crippen LogP) is 3.70.